The van der Waals surface area contributed by atoms with Crippen molar-refractivity contribution in [1.82, 2.24) is 15.0 Å². The van der Waals surface area contributed by atoms with Gasteiger partial charge in [0, 0.05) is 27.5 Å². The number of benzene rings is 6. The minimum Gasteiger partial charge on any atom is -0.456 e. The molecule has 0 fully saturated rings. The van der Waals surface area contributed by atoms with Crippen LogP contribution in [0.25, 0.3) is 78.4 Å². The Morgan fingerprint density at radius 1 is 0.388 bits per heavy atom. The van der Waals surface area contributed by atoms with Gasteiger partial charge in [-0.2, -0.15) is 0 Å². The average Bonchev–Trinajstić information content (AvgIpc) is 3.51. The topological polar surface area (TPSA) is 51.8 Å². The fourth-order valence-electron chi connectivity index (χ4n) is 7.43. The molecule has 2 heterocycles. The van der Waals surface area contributed by atoms with Crippen molar-refractivity contribution in [2.45, 2.75) is 38.5 Å². The van der Waals surface area contributed by atoms with Gasteiger partial charge in [-0.3, -0.25) is 0 Å². The standard InChI is InChI=1S/C45H35N3O/c1-44(2)37-18-12-11-17-33(37)34-26-36-35-25-32(23-24-39(35)49-40(36)27-38(34)45(44,3)4)28-19-21-31(22-20-28)43-47-41(29-13-7-5-8-14-29)46-42(48-43)30-15-9-6-10-16-30/h5-27H,1-4H3. The van der Waals surface area contributed by atoms with Gasteiger partial charge in [0.05, 0.1) is 0 Å². The maximum atomic E-state index is 6.51. The number of nitrogens with zero attached hydrogens (tertiary/aromatic N) is 3. The molecule has 0 bridgehead atoms. The molecule has 1 aliphatic carbocycles. The molecule has 0 N–H and O–H groups in total. The number of hydrogen-bond acceptors (Lipinski definition) is 4. The Hall–Kier alpha value is -5.87. The van der Waals surface area contributed by atoms with E-state index in [2.05, 4.69) is 107 Å². The van der Waals surface area contributed by atoms with E-state index < -0.39 is 0 Å². The highest BCUT2D eigenvalue weighted by Crippen LogP contribution is 2.55. The fourth-order valence-corrected chi connectivity index (χ4v) is 7.43. The van der Waals surface area contributed by atoms with Crippen LogP contribution in [0.1, 0.15) is 38.8 Å². The number of fused-ring (bicyclic) bond motifs is 6. The van der Waals surface area contributed by atoms with Crippen molar-refractivity contribution in [2.75, 3.05) is 0 Å². The fraction of sp³-hybridized carbons (Fsp3) is 0.133. The summed E-state index contributed by atoms with van der Waals surface area (Å²) in [5.74, 6) is 1.96. The van der Waals surface area contributed by atoms with Crippen molar-refractivity contribution >= 4 is 21.9 Å². The quantitative estimate of drug-likeness (QED) is 0.193. The number of furan rings is 1. The molecule has 49 heavy (non-hydrogen) atoms. The van der Waals surface area contributed by atoms with Crippen molar-refractivity contribution < 1.29 is 4.42 Å². The number of rotatable bonds is 4. The molecular weight excluding hydrogens is 599 g/mol. The first kappa shape index (κ1) is 29.3. The minimum absolute atomic E-state index is 0.0247. The highest BCUT2D eigenvalue weighted by atomic mass is 16.3. The monoisotopic (exact) mass is 633 g/mol. The summed E-state index contributed by atoms with van der Waals surface area (Å²) in [5.41, 5.74) is 12.2. The average molecular weight is 634 g/mol. The molecule has 0 saturated carbocycles. The molecule has 236 valence electrons. The van der Waals surface area contributed by atoms with E-state index in [1.807, 2.05) is 60.7 Å². The van der Waals surface area contributed by atoms with E-state index in [4.69, 9.17) is 19.4 Å². The summed E-state index contributed by atoms with van der Waals surface area (Å²) >= 11 is 0. The van der Waals surface area contributed by atoms with Crippen LogP contribution in [-0.4, -0.2) is 15.0 Å². The van der Waals surface area contributed by atoms with E-state index >= 15 is 0 Å². The van der Waals surface area contributed by atoms with E-state index in [-0.39, 0.29) is 10.8 Å². The predicted octanol–water partition coefficient (Wildman–Crippen LogP) is 11.7. The van der Waals surface area contributed by atoms with E-state index in [0.29, 0.717) is 17.5 Å². The summed E-state index contributed by atoms with van der Waals surface area (Å²) in [6.45, 7) is 9.45. The van der Waals surface area contributed by atoms with Gasteiger partial charge >= 0.3 is 0 Å². The lowest BCUT2D eigenvalue weighted by atomic mass is 9.55. The Balaban J connectivity index is 1.12. The Morgan fingerprint density at radius 2 is 0.878 bits per heavy atom. The van der Waals surface area contributed by atoms with Crippen LogP contribution >= 0.6 is 0 Å². The molecule has 1 aliphatic rings. The van der Waals surface area contributed by atoms with Crippen LogP contribution in [-0.2, 0) is 10.8 Å². The van der Waals surface area contributed by atoms with Crippen LogP contribution in [0.2, 0.25) is 0 Å². The SMILES string of the molecule is CC1(C)c2ccccc2-c2cc3c(cc2C1(C)C)oc1ccc(-c2ccc(-c4nc(-c5ccccc5)nc(-c5ccccc5)n4)cc2)cc13. The summed E-state index contributed by atoms with van der Waals surface area (Å²) in [6, 6.07) is 48.7. The first-order valence-electron chi connectivity index (χ1n) is 16.9. The molecule has 0 radical (unpaired) electrons. The molecule has 0 spiro atoms. The summed E-state index contributed by atoms with van der Waals surface area (Å²) in [7, 11) is 0. The van der Waals surface area contributed by atoms with E-state index in [1.54, 1.807) is 0 Å². The van der Waals surface area contributed by atoms with Gasteiger partial charge in [0.15, 0.2) is 17.5 Å². The van der Waals surface area contributed by atoms with Gasteiger partial charge in [-0.05, 0) is 68.5 Å². The molecule has 0 unspecified atom stereocenters. The van der Waals surface area contributed by atoms with Crippen molar-refractivity contribution in [1.29, 1.82) is 0 Å². The van der Waals surface area contributed by atoms with Gasteiger partial charge in [-0.25, -0.2) is 15.0 Å². The first-order chi connectivity index (χ1) is 23.8. The highest BCUT2D eigenvalue weighted by Gasteiger charge is 2.46. The van der Waals surface area contributed by atoms with Gasteiger partial charge in [0.25, 0.3) is 0 Å². The van der Waals surface area contributed by atoms with Gasteiger partial charge in [-0.1, -0.05) is 143 Å². The molecular formula is C45H35N3O. The normalized spacial score (nSPS) is 14.4. The third kappa shape index (κ3) is 4.62. The first-order valence-corrected chi connectivity index (χ1v) is 16.9. The van der Waals surface area contributed by atoms with Crippen molar-refractivity contribution in [3.05, 3.63) is 151 Å². The summed E-state index contributed by atoms with van der Waals surface area (Å²) in [4.78, 5) is 14.6. The zero-order valence-electron chi connectivity index (χ0n) is 28.0. The molecule has 6 aromatic carbocycles. The van der Waals surface area contributed by atoms with Gasteiger partial charge in [0.1, 0.15) is 11.2 Å². The van der Waals surface area contributed by atoms with Crippen LogP contribution in [0.4, 0.5) is 0 Å². The lowest BCUT2D eigenvalue weighted by Gasteiger charge is -2.48. The minimum atomic E-state index is -0.0704. The largest absolute Gasteiger partial charge is 0.456 e. The van der Waals surface area contributed by atoms with Crippen LogP contribution in [0, 0.1) is 0 Å². The van der Waals surface area contributed by atoms with Crippen molar-refractivity contribution in [3.8, 4) is 56.4 Å². The Morgan fingerprint density at radius 3 is 1.51 bits per heavy atom. The van der Waals surface area contributed by atoms with E-state index in [9.17, 15) is 0 Å². The van der Waals surface area contributed by atoms with E-state index in [1.165, 1.54) is 22.3 Å². The highest BCUT2D eigenvalue weighted by molar-refractivity contribution is 6.08. The molecule has 2 aromatic heterocycles. The second-order valence-electron chi connectivity index (χ2n) is 14.1. The summed E-state index contributed by atoms with van der Waals surface area (Å²) in [5, 5.41) is 2.27. The van der Waals surface area contributed by atoms with Gasteiger partial charge < -0.3 is 4.42 Å². The van der Waals surface area contributed by atoms with Gasteiger partial charge in [-0.15, -0.1) is 0 Å². The molecule has 0 atom stereocenters. The van der Waals surface area contributed by atoms with Crippen LogP contribution in [0.3, 0.4) is 0 Å². The van der Waals surface area contributed by atoms with Gasteiger partial charge in [0.2, 0.25) is 0 Å². The van der Waals surface area contributed by atoms with Crippen LogP contribution < -0.4 is 0 Å². The smallest absolute Gasteiger partial charge is 0.164 e. The summed E-state index contributed by atoms with van der Waals surface area (Å²) in [6.07, 6.45) is 0. The Bertz CT molecular complexity index is 2470. The second kappa shape index (κ2) is 10.8. The maximum absolute atomic E-state index is 6.51. The molecule has 4 nitrogen and oxygen atoms in total. The number of aromatic nitrogens is 3. The van der Waals surface area contributed by atoms with Crippen molar-refractivity contribution in [2.24, 2.45) is 0 Å². The molecule has 0 aliphatic heterocycles. The zero-order valence-corrected chi connectivity index (χ0v) is 28.0. The lowest BCUT2D eigenvalue weighted by Crippen LogP contribution is -2.43. The lowest BCUT2D eigenvalue weighted by molar-refractivity contribution is 0.299. The van der Waals surface area contributed by atoms with Crippen molar-refractivity contribution in [3.63, 3.8) is 0 Å². The van der Waals surface area contributed by atoms with Crippen LogP contribution in [0.15, 0.2) is 144 Å². The third-order valence-electron chi connectivity index (χ3n) is 10.9. The predicted molar refractivity (Wildman–Crippen MR) is 200 cm³/mol. The Labute approximate surface area is 286 Å². The summed E-state index contributed by atoms with van der Waals surface area (Å²) < 4.78 is 6.51. The molecule has 4 heteroatoms. The molecule has 8 aromatic rings. The van der Waals surface area contributed by atoms with Crippen LogP contribution in [0.5, 0.6) is 0 Å². The number of hydrogen-bond donors (Lipinski definition) is 0. The molecule has 0 saturated heterocycles. The maximum Gasteiger partial charge on any atom is 0.164 e. The Kier molecular flexibility index (Phi) is 6.47. The second-order valence-corrected chi connectivity index (χ2v) is 14.1. The van der Waals surface area contributed by atoms with E-state index in [0.717, 1.165) is 49.8 Å². The molecule has 9 rings (SSSR count). The molecule has 0 amide bonds. The third-order valence-corrected chi connectivity index (χ3v) is 10.9. The zero-order chi connectivity index (χ0) is 33.3.